The molecule has 2 aromatic rings. The molecule has 1 aromatic heterocycles. The lowest BCUT2D eigenvalue weighted by atomic mass is 10.2. The van der Waals surface area contributed by atoms with E-state index in [1.165, 1.54) is 5.56 Å². The number of aromatic nitrogens is 2. The van der Waals surface area contributed by atoms with Crippen LogP contribution in [0, 0.1) is 6.92 Å². The second kappa shape index (κ2) is 7.81. The summed E-state index contributed by atoms with van der Waals surface area (Å²) in [5.74, 6) is 1.19. The largest absolute Gasteiger partial charge is 0.340 e. The first-order valence-corrected chi connectivity index (χ1v) is 8.72. The Bertz CT molecular complexity index is 675. The average Bonchev–Trinajstić information content (AvgIpc) is 3.00. The van der Waals surface area contributed by atoms with Gasteiger partial charge in [-0.25, -0.2) is 4.98 Å². The van der Waals surface area contributed by atoms with Gasteiger partial charge in [0.2, 0.25) is 5.91 Å². The maximum atomic E-state index is 12.4. The summed E-state index contributed by atoms with van der Waals surface area (Å²) in [6, 6.07) is 7.98. The number of halogens is 1. The average molecular weight is 347 g/mol. The molecule has 1 aliphatic heterocycles. The minimum absolute atomic E-state index is 0.231. The molecule has 2 heterocycles. The molecule has 0 saturated carbocycles. The van der Waals surface area contributed by atoms with Gasteiger partial charge in [-0.2, -0.15) is 0 Å². The quantitative estimate of drug-likeness (QED) is 0.835. The third kappa shape index (κ3) is 4.36. The van der Waals surface area contributed by atoms with Crippen molar-refractivity contribution < 1.29 is 4.79 Å². The number of nitrogens with zero attached hydrogens (tertiary/aromatic N) is 4. The second-order valence-electron chi connectivity index (χ2n) is 6.20. The third-order valence-electron chi connectivity index (χ3n) is 4.53. The Kier molecular flexibility index (Phi) is 5.53. The molecule has 3 rings (SSSR count). The van der Waals surface area contributed by atoms with Gasteiger partial charge in [0.15, 0.2) is 0 Å². The summed E-state index contributed by atoms with van der Waals surface area (Å²) in [6.07, 6.45) is 4.23. The number of rotatable bonds is 5. The van der Waals surface area contributed by atoms with Crippen molar-refractivity contribution in [2.75, 3.05) is 26.2 Å². The highest BCUT2D eigenvalue weighted by molar-refractivity contribution is 6.30. The van der Waals surface area contributed by atoms with Crippen LogP contribution in [0.5, 0.6) is 0 Å². The Morgan fingerprint density at radius 3 is 2.50 bits per heavy atom. The number of aryl methyl sites for hydroxylation is 2. The Balaban J connectivity index is 1.43. The summed E-state index contributed by atoms with van der Waals surface area (Å²) >= 11 is 5.92. The molecule has 0 radical (unpaired) electrons. The monoisotopic (exact) mass is 346 g/mol. The zero-order chi connectivity index (χ0) is 16.9. The molecule has 1 amide bonds. The second-order valence-corrected chi connectivity index (χ2v) is 6.64. The summed E-state index contributed by atoms with van der Waals surface area (Å²) in [5.41, 5.74) is 1.26. The fourth-order valence-corrected chi connectivity index (χ4v) is 3.14. The number of hydrogen-bond acceptors (Lipinski definition) is 3. The van der Waals surface area contributed by atoms with Crippen LogP contribution in [-0.4, -0.2) is 51.4 Å². The number of amides is 1. The van der Waals surface area contributed by atoms with Crippen LogP contribution in [-0.2, 0) is 17.9 Å². The minimum atomic E-state index is 0.231. The number of piperazine rings is 1. The van der Waals surface area contributed by atoms with Gasteiger partial charge in [0.25, 0.3) is 0 Å². The van der Waals surface area contributed by atoms with E-state index in [0.29, 0.717) is 13.0 Å². The molecule has 5 nitrogen and oxygen atoms in total. The Labute approximate surface area is 147 Å². The molecule has 0 aliphatic carbocycles. The molecule has 6 heteroatoms. The fraction of sp³-hybridized carbons (Fsp3) is 0.444. The van der Waals surface area contributed by atoms with Crippen molar-refractivity contribution >= 4 is 17.5 Å². The first kappa shape index (κ1) is 17.0. The van der Waals surface area contributed by atoms with E-state index < -0.39 is 0 Å². The highest BCUT2D eigenvalue weighted by Crippen LogP contribution is 2.13. The predicted molar refractivity (Wildman–Crippen MR) is 94.9 cm³/mol. The molecule has 1 saturated heterocycles. The lowest BCUT2D eigenvalue weighted by molar-refractivity contribution is -0.133. The molecule has 0 N–H and O–H groups in total. The molecular formula is C18H23ClN4O. The molecule has 0 atom stereocenters. The maximum Gasteiger partial charge on any atom is 0.224 e. The van der Waals surface area contributed by atoms with Crippen LogP contribution in [0.1, 0.15) is 17.8 Å². The van der Waals surface area contributed by atoms with Gasteiger partial charge in [0, 0.05) is 63.1 Å². The zero-order valence-corrected chi connectivity index (χ0v) is 14.7. The van der Waals surface area contributed by atoms with Crippen molar-refractivity contribution in [3.05, 3.63) is 53.1 Å². The molecule has 128 valence electrons. The Morgan fingerprint density at radius 2 is 1.88 bits per heavy atom. The van der Waals surface area contributed by atoms with Gasteiger partial charge in [-0.1, -0.05) is 23.7 Å². The standard InChI is InChI=1S/C18H23ClN4O/c1-15-20-7-9-22(15)8-6-18(24)23-12-10-21(11-13-23)14-16-2-4-17(19)5-3-16/h2-5,7,9H,6,8,10-14H2,1H3. The smallest absolute Gasteiger partial charge is 0.224 e. The predicted octanol–water partition coefficient (Wildman–Crippen LogP) is 2.58. The van der Waals surface area contributed by atoms with E-state index in [4.69, 9.17) is 11.6 Å². The van der Waals surface area contributed by atoms with Crippen molar-refractivity contribution in [1.82, 2.24) is 19.4 Å². The van der Waals surface area contributed by atoms with E-state index in [0.717, 1.165) is 43.6 Å². The fourth-order valence-electron chi connectivity index (χ4n) is 3.02. The number of carbonyl (C=O) groups is 1. The highest BCUT2D eigenvalue weighted by atomic mass is 35.5. The van der Waals surface area contributed by atoms with Gasteiger partial charge in [-0.15, -0.1) is 0 Å². The third-order valence-corrected chi connectivity index (χ3v) is 4.79. The van der Waals surface area contributed by atoms with Crippen LogP contribution in [0.3, 0.4) is 0 Å². The van der Waals surface area contributed by atoms with Crippen LogP contribution in [0.15, 0.2) is 36.7 Å². The van der Waals surface area contributed by atoms with Crippen LogP contribution < -0.4 is 0 Å². The maximum absolute atomic E-state index is 12.4. The molecule has 0 bridgehead atoms. The number of carbonyl (C=O) groups excluding carboxylic acids is 1. The summed E-state index contributed by atoms with van der Waals surface area (Å²) in [7, 11) is 0. The topological polar surface area (TPSA) is 41.4 Å². The number of benzene rings is 1. The van der Waals surface area contributed by atoms with E-state index in [1.807, 2.05) is 34.7 Å². The number of imidazole rings is 1. The van der Waals surface area contributed by atoms with Gasteiger partial charge in [0.05, 0.1) is 0 Å². The zero-order valence-electron chi connectivity index (χ0n) is 14.0. The Morgan fingerprint density at radius 1 is 1.17 bits per heavy atom. The van der Waals surface area contributed by atoms with Crippen molar-refractivity contribution in [2.24, 2.45) is 0 Å². The first-order valence-electron chi connectivity index (χ1n) is 8.34. The van der Waals surface area contributed by atoms with Crippen molar-refractivity contribution in [2.45, 2.75) is 26.4 Å². The van der Waals surface area contributed by atoms with Crippen molar-refractivity contribution in [3.8, 4) is 0 Å². The molecule has 24 heavy (non-hydrogen) atoms. The van der Waals surface area contributed by atoms with Gasteiger partial charge in [-0.3, -0.25) is 9.69 Å². The lowest BCUT2D eigenvalue weighted by Gasteiger charge is -2.35. The van der Waals surface area contributed by atoms with Crippen molar-refractivity contribution in [3.63, 3.8) is 0 Å². The van der Waals surface area contributed by atoms with E-state index >= 15 is 0 Å². The molecule has 1 aliphatic rings. The van der Waals surface area contributed by atoms with Crippen molar-refractivity contribution in [1.29, 1.82) is 0 Å². The van der Waals surface area contributed by atoms with Gasteiger partial charge in [0.1, 0.15) is 5.82 Å². The van der Waals surface area contributed by atoms with Crippen LogP contribution in [0.25, 0.3) is 0 Å². The summed E-state index contributed by atoms with van der Waals surface area (Å²) < 4.78 is 2.02. The highest BCUT2D eigenvalue weighted by Gasteiger charge is 2.20. The molecular weight excluding hydrogens is 324 g/mol. The van der Waals surface area contributed by atoms with Crippen LogP contribution >= 0.6 is 11.6 Å². The molecule has 0 spiro atoms. The Hall–Kier alpha value is -1.85. The lowest BCUT2D eigenvalue weighted by Crippen LogP contribution is -2.48. The van der Waals surface area contributed by atoms with Gasteiger partial charge in [-0.05, 0) is 24.6 Å². The SMILES string of the molecule is Cc1nccn1CCC(=O)N1CCN(Cc2ccc(Cl)cc2)CC1. The van der Waals surface area contributed by atoms with Crippen LogP contribution in [0.4, 0.5) is 0 Å². The van der Waals surface area contributed by atoms with E-state index in [9.17, 15) is 4.79 Å². The van der Waals surface area contributed by atoms with E-state index in [1.54, 1.807) is 6.20 Å². The molecule has 0 unspecified atom stereocenters. The summed E-state index contributed by atoms with van der Waals surface area (Å²) in [4.78, 5) is 20.9. The first-order chi connectivity index (χ1) is 11.6. The van der Waals surface area contributed by atoms with E-state index in [-0.39, 0.29) is 5.91 Å². The van der Waals surface area contributed by atoms with E-state index in [2.05, 4.69) is 22.0 Å². The summed E-state index contributed by atoms with van der Waals surface area (Å²) in [5, 5.41) is 0.766. The summed E-state index contributed by atoms with van der Waals surface area (Å²) in [6.45, 7) is 7.00. The molecule has 1 aromatic carbocycles. The minimum Gasteiger partial charge on any atom is -0.340 e. The van der Waals surface area contributed by atoms with Gasteiger partial charge >= 0.3 is 0 Å². The number of hydrogen-bond donors (Lipinski definition) is 0. The molecule has 1 fully saturated rings. The van der Waals surface area contributed by atoms with Crippen LogP contribution in [0.2, 0.25) is 5.02 Å². The van der Waals surface area contributed by atoms with Gasteiger partial charge < -0.3 is 9.47 Å². The normalized spacial score (nSPS) is 15.7.